The number of nitrogens with zero attached hydrogens (tertiary/aromatic N) is 1. The number of methoxy groups -OCH3 is 1. The summed E-state index contributed by atoms with van der Waals surface area (Å²) in [4.78, 5) is 37.4. The van der Waals surface area contributed by atoms with Crippen molar-refractivity contribution >= 4 is 18.0 Å². The van der Waals surface area contributed by atoms with Crippen molar-refractivity contribution in [3.8, 4) is 0 Å². The van der Waals surface area contributed by atoms with Gasteiger partial charge in [0, 0.05) is 6.54 Å². The summed E-state index contributed by atoms with van der Waals surface area (Å²) in [5.74, 6) is -2.40. The van der Waals surface area contributed by atoms with Crippen molar-refractivity contribution in [1.82, 2.24) is 4.90 Å². The molecule has 0 spiro atoms. The normalized spacial score (nSPS) is 19.4. The van der Waals surface area contributed by atoms with Crippen LogP contribution in [0.25, 0.3) is 0 Å². The van der Waals surface area contributed by atoms with Gasteiger partial charge in [0.2, 0.25) is 0 Å². The minimum atomic E-state index is -1.07. The summed E-state index contributed by atoms with van der Waals surface area (Å²) < 4.78 is 20.5. The first-order valence-electron chi connectivity index (χ1n) is 8.02. The quantitative estimate of drug-likeness (QED) is 0.422. The van der Waals surface area contributed by atoms with E-state index in [4.69, 9.17) is 14.2 Å². The molecule has 1 aliphatic rings. The molecule has 1 unspecified atom stereocenters. The third-order valence-electron chi connectivity index (χ3n) is 3.35. The Morgan fingerprint density at radius 1 is 1.25 bits per heavy atom. The van der Waals surface area contributed by atoms with E-state index in [9.17, 15) is 14.4 Å². The number of hydrogen-bond acceptors (Lipinski definition) is 7. The Balaban J connectivity index is 2.69. The Kier molecular flexibility index (Phi) is 7.47. The van der Waals surface area contributed by atoms with Gasteiger partial charge in [-0.1, -0.05) is 0 Å². The molecule has 8 nitrogen and oxygen atoms in total. The standard InChI is InChI=1S/C16H27NO7/c1-6-22-14(19)12(13(18)21-5)9-11-10-17(7-8-23-11)15(20)24-16(2,3)4/h11-12H,6-10H2,1-5H3/t11-,12?/m0/s1. The Hall–Kier alpha value is -1.83. The van der Waals surface area contributed by atoms with Gasteiger partial charge in [0.15, 0.2) is 5.92 Å². The molecular weight excluding hydrogens is 318 g/mol. The van der Waals surface area contributed by atoms with Crippen LogP contribution in [0, 0.1) is 5.92 Å². The second-order valence-electron chi connectivity index (χ2n) is 6.48. The molecule has 0 N–H and O–H groups in total. The van der Waals surface area contributed by atoms with Crippen molar-refractivity contribution in [1.29, 1.82) is 0 Å². The number of hydrogen-bond donors (Lipinski definition) is 0. The van der Waals surface area contributed by atoms with E-state index in [0.717, 1.165) is 0 Å². The van der Waals surface area contributed by atoms with E-state index in [0.29, 0.717) is 13.2 Å². The molecular formula is C16H27NO7. The molecule has 1 rings (SSSR count). The van der Waals surface area contributed by atoms with Crippen LogP contribution in [0.5, 0.6) is 0 Å². The highest BCUT2D eigenvalue weighted by Crippen LogP contribution is 2.19. The zero-order valence-electron chi connectivity index (χ0n) is 15.0. The molecule has 138 valence electrons. The fraction of sp³-hybridized carbons (Fsp3) is 0.812. The van der Waals surface area contributed by atoms with Gasteiger partial charge >= 0.3 is 18.0 Å². The lowest BCUT2D eigenvalue weighted by molar-refractivity contribution is -0.163. The number of ether oxygens (including phenoxy) is 4. The van der Waals surface area contributed by atoms with Gasteiger partial charge in [-0.2, -0.15) is 0 Å². The molecule has 1 fully saturated rings. The van der Waals surface area contributed by atoms with Gasteiger partial charge in [0.05, 0.1) is 33.0 Å². The van der Waals surface area contributed by atoms with Crippen LogP contribution in [0.2, 0.25) is 0 Å². The number of esters is 2. The highest BCUT2D eigenvalue weighted by molar-refractivity contribution is 5.94. The van der Waals surface area contributed by atoms with Crippen LogP contribution in [-0.2, 0) is 28.5 Å². The Bertz CT molecular complexity index is 458. The van der Waals surface area contributed by atoms with Crippen LogP contribution in [0.1, 0.15) is 34.1 Å². The molecule has 0 radical (unpaired) electrons. The maximum atomic E-state index is 12.1. The number of carbonyl (C=O) groups is 3. The molecule has 0 bridgehead atoms. The minimum absolute atomic E-state index is 0.0881. The van der Waals surface area contributed by atoms with Crippen molar-refractivity contribution in [3.05, 3.63) is 0 Å². The molecule has 8 heteroatoms. The fourth-order valence-electron chi connectivity index (χ4n) is 2.29. The monoisotopic (exact) mass is 345 g/mol. The molecule has 1 heterocycles. The van der Waals surface area contributed by atoms with Crippen LogP contribution in [0.15, 0.2) is 0 Å². The van der Waals surface area contributed by atoms with Crippen LogP contribution in [0.3, 0.4) is 0 Å². The minimum Gasteiger partial charge on any atom is -0.468 e. The average Bonchev–Trinajstić information content (AvgIpc) is 2.50. The van der Waals surface area contributed by atoms with E-state index < -0.39 is 35.7 Å². The van der Waals surface area contributed by atoms with Gasteiger partial charge in [-0.15, -0.1) is 0 Å². The summed E-state index contributed by atoms with van der Waals surface area (Å²) >= 11 is 0. The predicted molar refractivity (Wildman–Crippen MR) is 84.3 cm³/mol. The molecule has 1 aliphatic heterocycles. The zero-order chi connectivity index (χ0) is 18.3. The van der Waals surface area contributed by atoms with Crippen molar-refractivity contribution in [2.45, 2.75) is 45.8 Å². The highest BCUT2D eigenvalue weighted by Gasteiger charge is 2.35. The van der Waals surface area contributed by atoms with E-state index in [1.54, 1.807) is 27.7 Å². The van der Waals surface area contributed by atoms with E-state index >= 15 is 0 Å². The maximum absolute atomic E-state index is 12.1. The summed E-state index contributed by atoms with van der Waals surface area (Å²) in [6.45, 7) is 8.14. The molecule has 0 aromatic rings. The SMILES string of the molecule is CCOC(=O)C(C[C@H]1CN(C(=O)OC(C)(C)C)CCO1)C(=O)OC. The lowest BCUT2D eigenvalue weighted by atomic mass is 10.0. The lowest BCUT2D eigenvalue weighted by Crippen LogP contribution is -2.48. The van der Waals surface area contributed by atoms with Gasteiger partial charge in [0.25, 0.3) is 0 Å². The van der Waals surface area contributed by atoms with Crippen molar-refractivity contribution < 1.29 is 33.3 Å². The Morgan fingerprint density at radius 2 is 1.92 bits per heavy atom. The van der Waals surface area contributed by atoms with E-state index in [1.807, 2.05) is 0 Å². The fourth-order valence-corrected chi connectivity index (χ4v) is 2.29. The number of morpholine rings is 1. The summed E-state index contributed by atoms with van der Waals surface area (Å²) in [5, 5.41) is 0. The third kappa shape index (κ3) is 6.35. The smallest absolute Gasteiger partial charge is 0.410 e. The molecule has 0 aliphatic carbocycles. The molecule has 0 aromatic heterocycles. The first-order chi connectivity index (χ1) is 11.2. The largest absolute Gasteiger partial charge is 0.468 e. The first kappa shape index (κ1) is 20.2. The van der Waals surface area contributed by atoms with E-state index in [2.05, 4.69) is 4.74 Å². The zero-order valence-corrected chi connectivity index (χ0v) is 15.0. The number of carbonyl (C=O) groups excluding carboxylic acids is 3. The molecule has 2 atom stereocenters. The summed E-state index contributed by atoms with van der Waals surface area (Å²) in [7, 11) is 1.21. The van der Waals surface area contributed by atoms with Crippen LogP contribution >= 0.6 is 0 Å². The molecule has 1 amide bonds. The molecule has 1 saturated heterocycles. The number of rotatable bonds is 5. The van der Waals surface area contributed by atoms with Gasteiger partial charge in [0.1, 0.15) is 5.60 Å². The lowest BCUT2D eigenvalue weighted by Gasteiger charge is -2.34. The average molecular weight is 345 g/mol. The van der Waals surface area contributed by atoms with Crippen molar-refractivity contribution in [2.24, 2.45) is 5.92 Å². The predicted octanol–water partition coefficient (Wildman–Crippen LogP) is 1.36. The first-order valence-corrected chi connectivity index (χ1v) is 8.02. The number of amides is 1. The Labute approximate surface area is 142 Å². The van der Waals surface area contributed by atoms with Gasteiger partial charge in [-0.25, -0.2) is 4.79 Å². The van der Waals surface area contributed by atoms with Crippen LogP contribution in [-0.4, -0.2) is 68.0 Å². The van der Waals surface area contributed by atoms with Gasteiger partial charge in [-0.05, 0) is 34.1 Å². The summed E-state index contributed by atoms with van der Waals surface area (Å²) in [5.41, 5.74) is -0.593. The van der Waals surface area contributed by atoms with Gasteiger partial charge in [-0.3, -0.25) is 9.59 Å². The highest BCUT2D eigenvalue weighted by atomic mass is 16.6. The molecule has 24 heavy (non-hydrogen) atoms. The third-order valence-corrected chi connectivity index (χ3v) is 3.35. The topological polar surface area (TPSA) is 91.4 Å². The van der Waals surface area contributed by atoms with Crippen molar-refractivity contribution in [3.63, 3.8) is 0 Å². The van der Waals surface area contributed by atoms with Gasteiger partial charge < -0.3 is 23.8 Å². The van der Waals surface area contributed by atoms with Crippen LogP contribution in [0.4, 0.5) is 4.79 Å². The van der Waals surface area contributed by atoms with Crippen molar-refractivity contribution in [2.75, 3.05) is 33.4 Å². The second kappa shape index (κ2) is 8.86. The van der Waals surface area contributed by atoms with E-state index in [1.165, 1.54) is 12.0 Å². The summed E-state index contributed by atoms with van der Waals surface area (Å²) in [6, 6.07) is 0. The second-order valence-corrected chi connectivity index (χ2v) is 6.48. The molecule has 0 saturated carbocycles. The van der Waals surface area contributed by atoms with Crippen LogP contribution < -0.4 is 0 Å². The molecule has 0 aromatic carbocycles. The Morgan fingerprint density at radius 3 is 2.46 bits per heavy atom. The summed E-state index contributed by atoms with van der Waals surface area (Å²) in [6.07, 6.45) is -0.827. The maximum Gasteiger partial charge on any atom is 0.410 e. The van der Waals surface area contributed by atoms with E-state index in [-0.39, 0.29) is 19.6 Å².